The standard InChI is InChI=1S/C25H25N7O/c1-16-20-6-4-18(13-23(20)31(2)30-16)22-15-24(29-25(28-22)32-9-11-33-12-10-32)27-19-5-3-17-7-8-26-21(17)14-19/h3-8,13-15,26H,9-12H2,1-2H3,(H,27,28,29). The minimum Gasteiger partial charge on any atom is -0.378 e. The van der Waals surface area contributed by atoms with Gasteiger partial charge in [0.15, 0.2) is 0 Å². The molecule has 166 valence electrons. The van der Waals surface area contributed by atoms with E-state index in [-0.39, 0.29) is 0 Å². The van der Waals surface area contributed by atoms with E-state index in [4.69, 9.17) is 14.7 Å². The van der Waals surface area contributed by atoms with Crippen molar-refractivity contribution in [2.24, 2.45) is 7.05 Å². The summed E-state index contributed by atoms with van der Waals surface area (Å²) in [5, 5.41) is 10.4. The molecule has 2 aromatic carbocycles. The van der Waals surface area contributed by atoms with Gasteiger partial charge in [0, 0.05) is 54.6 Å². The zero-order valence-corrected chi connectivity index (χ0v) is 18.7. The van der Waals surface area contributed by atoms with Crippen molar-refractivity contribution < 1.29 is 4.74 Å². The zero-order valence-electron chi connectivity index (χ0n) is 18.7. The Balaban J connectivity index is 1.43. The summed E-state index contributed by atoms with van der Waals surface area (Å²) in [6.45, 7) is 4.95. The number of hydrogen-bond acceptors (Lipinski definition) is 6. The Morgan fingerprint density at radius 3 is 2.76 bits per heavy atom. The second-order valence-corrected chi connectivity index (χ2v) is 8.38. The van der Waals surface area contributed by atoms with Crippen LogP contribution in [-0.4, -0.2) is 51.0 Å². The molecule has 0 amide bonds. The fraction of sp³-hybridized carbons (Fsp3) is 0.240. The molecule has 8 heteroatoms. The molecule has 1 aliphatic rings. The van der Waals surface area contributed by atoms with Crippen molar-refractivity contribution in [3.63, 3.8) is 0 Å². The van der Waals surface area contributed by atoms with Crippen LogP contribution in [0.25, 0.3) is 33.1 Å². The van der Waals surface area contributed by atoms with Crippen LogP contribution < -0.4 is 10.2 Å². The number of morpholine rings is 1. The Morgan fingerprint density at radius 1 is 1.00 bits per heavy atom. The van der Waals surface area contributed by atoms with Gasteiger partial charge in [-0.25, -0.2) is 4.98 Å². The number of benzene rings is 2. The quantitative estimate of drug-likeness (QED) is 0.432. The monoisotopic (exact) mass is 439 g/mol. The number of hydrogen-bond donors (Lipinski definition) is 2. The van der Waals surface area contributed by atoms with Crippen molar-refractivity contribution in [3.05, 3.63) is 60.4 Å². The highest BCUT2D eigenvalue weighted by Gasteiger charge is 2.17. The molecule has 2 N–H and O–H groups in total. The number of aryl methyl sites for hydroxylation is 2. The summed E-state index contributed by atoms with van der Waals surface area (Å²) in [6.07, 6.45) is 1.95. The van der Waals surface area contributed by atoms with Gasteiger partial charge in [-0.2, -0.15) is 10.1 Å². The Morgan fingerprint density at radius 2 is 1.88 bits per heavy atom. The number of nitrogens with zero attached hydrogens (tertiary/aromatic N) is 5. The minimum atomic E-state index is 0.681. The summed E-state index contributed by atoms with van der Waals surface area (Å²) in [6, 6.07) is 16.7. The molecule has 33 heavy (non-hydrogen) atoms. The second kappa shape index (κ2) is 7.90. The van der Waals surface area contributed by atoms with Crippen molar-refractivity contribution in [3.8, 4) is 11.3 Å². The third-order valence-electron chi connectivity index (χ3n) is 6.17. The molecule has 3 aromatic heterocycles. The summed E-state index contributed by atoms with van der Waals surface area (Å²) in [5.74, 6) is 1.47. The van der Waals surface area contributed by atoms with Gasteiger partial charge >= 0.3 is 0 Å². The molecular weight excluding hydrogens is 414 g/mol. The maximum absolute atomic E-state index is 5.53. The van der Waals surface area contributed by atoms with Crippen LogP contribution in [-0.2, 0) is 11.8 Å². The number of rotatable bonds is 4. The van der Waals surface area contributed by atoms with E-state index in [0.29, 0.717) is 19.2 Å². The summed E-state index contributed by atoms with van der Waals surface area (Å²) in [4.78, 5) is 15.2. The highest BCUT2D eigenvalue weighted by atomic mass is 16.5. The van der Waals surface area contributed by atoms with Gasteiger partial charge in [-0.1, -0.05) is 18.2 Å². The van der Waals surface area contributed by atoms with E-state index in [1.165, 1.54) is 5.39 Å². The first kappa shape index (κ1) is 19.8. The molecule has 0 saturated carbocycles. The lowest BCUT2D eigenvalue weighted by molar-refractivity contribution is 0.122. The number of fused-ring (bicyclic) bond motifs is 2. The number of anilines is 3. The Hall–Kier alpha value is -3.91. The molecule has 0 aliphatic carbocycles. The molecule has 6 rings (SSSR count). The van der Waals surface area contributed by atoms with Crippen LogP contribution in [0.5, 0.6) is 0 Å². The third-order valence-corrected chi connectivity index (χ3v) is 6.17. The predicted octanol–water partition coefficient (Wildman–Crippen LogP) is 4.40. The molecule has 0 unspecified atom stereocenters. The van der Waals surface area contributed by atoms with Crippen LogP contribution in [0.15, 0.2) is 54.7 Å². The van der Waals surface area contributed by atoms with E-state index >= 15 is 0 Å². The Bertz CT molecular complexity index is 1460. The number of nitrogens with one attached hydrogen (secondary N) is 2. The molecule has 0 bridgehead atoms. The highest BCUT2D eigenvalue weighted by molar-refractivity contribution is 5.87. The molecule has 1 aliphatic heterocycles. The summed E-state index contributed by atoms with van der Waals surface area (Å²) >= 11 is 0. The van der Waals surface area contributed by atoms with Gasteiger partial charge < -0.3 is 19.9 Å². The van der Waals surface area contributed by atoms with Crippen molar-refractivity contribution >= 4 is 39.3 Å². The first-order valence-corrected chi connectivity index (χ1v) is 11.1. The van der Waals surface area contributed by atoms with E-state index in [2.05, 4.69) is 62.8 Å². The van der Waals surface area contributed by atoms with Crippen LogP contribution in [0.3, 0.4) is 0 Å². The lowest BCUT2D eigenvalue weighted by Crippen LogP contribution is -2.37. The van der Waals surface area contributed by atoms with E-state index in [0.717, 1.165) is 58.0 Å². The maximum atomic E-state index is 5.53. The largest absolute Gasteiger partial charge is 0.378 e. The van der Waals surface area contributed by atoms with Gasteiger partial charge in [0.1, 0.15) is 5.82 Å². The van der Waals surface area contributed by atoms with Crippen LogP contribution in [0.2, 0.25) is 0 Å². The second-order valence-electron chi connectivity index (χ2n) is 8.38. The number of aromatic nitrogens is 5. The molecular formula is C25H25N7O. The smallest absolute Gasteiger partial charge is 0.228 e. The number of aromatic amines is 1. The van der Waals surface area contributed by atoms with Gasteiger partial charge in [-0.15, -0.1) is 0 Å². The van der Waals surface area contributed by atoms with Crippen LogP contribution in [0, 0.1) is 6.92 Å². The molecule has 1 fully saturated rings. The normalized spacial score (nSPS) is 14.3. The molecule has 8 nitrogen and oxygen atoms in total. The van der Waals surface area contributed by atoms with Gasteiger partial charge in [-0.3, -0.25) is 4.68 Å². The zero-order chi connectivity index (χ0) is 22.4. The van der Waals surface area contributed by atoms with E-state index in [1.807, 2.05) is 30.9 Å². The van der Waals surface area contributed by atoms with Crippen molar-refractivity contribution in [2.45, 2.75) is 6.92 Å². The van der Waals surface area contributed by atoms with E-state index in [9.17, 15) is 0 Å². The number of H-pyrrole nitrogens is 1. The SMILES string of the molecule is Cc1nn(C)c2cc(-c3cc(Nc4ccc5cc[nH]c5c4)nc(N4CCOCC4)n3)ccc12. The Labute approximate surface area is 191 Å². The number of ether oxygens (including phenoxy) is 1. The average Bonchev–Trinajstić information content (AvgIpc) is 3.42. The lowest BCUT2D eigenvalue weighted by atomic mass is 10.1. The highest BCUT2D eigenvalue weighted by Crippen LogP contribution is 2.29. The average molecular weight is 440 g/mol. The lowest BCUT2D eigenvalue weighted by Gasteiger charge is -2.27. The maximum Gasteiger partial charge on any atom is 0.228 e. The van der Waals surface area contributed by atoms with E-state index < -0.39 is 0 Å². The topological polar surface area (TPSA) is 83.9 Å². The van der Waals surface area contributed by atoms with Crippen molar-refractivity contribution in [2.75, 3.05) is 36.5 Å². The predicted molar refractivity (Wildman–Crippen MR) is 131 cm³/mol. The van der Waals surface area contributed by atoms with Gasteiger partial charge in [0.25, 0.3) is 0 Å². The van der Waals surface area contributed by atoms with Crippen molar-refractivity contribution in [1.29, 1.82) is 0 Å². The van der Waals surface area contributed by atoms with Gasteiger partial charge in [-0.05, 0) is 36.6 Å². The minimum absolute atomic E-state index is 0.681. The Kier molecular flexibility index (Phi) is 4.73. The molecule has 4 heterocycles. The molecule has 5 aromatic rings. The third kappa shape index (κ3) is 3.68. The van der Waals surface area contributed by atoms with Crippen LogP contribution >= 0.6 is 0 Å². The summed E-state index contributed by atoms with van der Waals surface area (Å²) < 4.78 is 7.45. The molecule has 0 radical (unpaired) electrons. The summed E-state index contributed by atoms with van der Waals surface area (Å²) in [5.41, 5.74) is 6.07. The molecule has 0 spiro atoms. The fourth-order valence-electron chi connectivity index (χ4n) is 4.42. The van der Waals surface area contributed by atoms with E-state index in [1.54, 1.807) is 0 Å². The molecule has 0 atom stereocenters. The van der Waals surface area contributed by atoms with Crippen LogP contribution in [0.1, 0.15) is 5.69 Å². The van der Waals surface area contributed by atoms with Gasteiger partial charge in [0.05, 0.1) is 30.1 Å². The summed E-state index contributed by atoms with van der Waals surface area (Å²) in [7, 11) is 1.97. The first-order valence-electron chi connectivity index (χ1n) is 11.1. The fourth-order valence-corrected chi connectivity index (χ4v) is 4.42. The van der Waals surface area contributed by atoms with Gasteiger partial charge in [0.2, 0.25) is 5.95 Å². The molecule has 1 saturated heterocycles. The first-order chi connectivity index (χ1) is 16.1. The van der Waals surface area contributed by atoms with Crippen molar-refractivity contribution in [1.82, 2.24) is 24.7 Å². The van der Waals surface area contributed by atoms with Crippen LogP contribution in [0.4, 0.5) is 17.5 Å².